The van der Waals surface area contributed by atoms with Gasteiger partial charge in [-0.15, -0.1) is 0 Å². The smallest absolute Gasteiger partial charge is 0.349 e. The first kappa shape index (κ1) is 17.4. The van der Waals surface area contributed by atoms with Crippen molar-refractivity contribution in [2.45, 2.75) is 33.1 Å². The molecule has 4 heteroatoms. The molecule has 3 nitrogen and oxygen atoms in total. The summed E-state index contributed by atoms with van der Waals surface area (Å²) in [5, 5.41) is 0.638. The highest BCUT2D eigenvalue weighted by molar-refractivity contribution is 6.30. The number of carbonyl (C=O) groups is 1. The van der Waals surface area contributed by atoms with Crippen LogP contribution in [-0.4, -0.2) is 12.6 Å². The summed E-state index contributed by atoms with van der Waals surface area (Å²) < 4.78 is 10.8. The van der Waals surface area contributed by atoms with Crippen molar-refractivity contribution >= 4 is 17.6 Å². The van der Waals surface area contributed by atoms with Gasteiger partial charge >= 0.3 is 5.97 Å². The van der Waals surface area contributed by atoms with Crippen LogP contribution in [0.3, 0.4) is 0 Å². The first-order valence-corrected chi connectivity index (χ1v) is 8.07. The SMILES string of the molecule is CCC(C)c1ccc(OC(=O)COc2ccc(Cl)cc2C)cc1. The molecule has 2 rings (SSSR count). The topological polar surface area (TPSA) is 35.5 Å². The molecule has 0 aliphatic heterocycles. The highest BCUT2D eigenvalue weighted by atomic mass is 35.5. The number of halogens is 1. The molecule has 122 valence electrons. The molecule has 0 aliphatic rings. The Kier molecular flexibility index (Phi) is 6.05. The molecular formula is C19H21ClO3. The van der Waals surface area contributed by atoms with Crippen LogP contribution >= 0.6 is 11.6 Å². The number of hydrogen-bond acceptors (Lipinski definition) is 3. The third-order valence-corrected chi connectivity index (χ3v) is 4.01. The third kappa shape index (κ3) is 5.00. The van der Waals surface area contributed by atoms with E-state index in [1.807, 2.05) is 31.2 Å². The lowest BCUT2D eigenvalue weighted by atomic mass is 9.99. The van der Waals surface area contributed by atoms with Crippen LogP contribution < -0.4 is 9.47 Å². The zero-order chi connectivity index (χ0) is 16.8. The molecule has 0 bridgehead atoms. The summed E-state index contributed by atoms with van der Waals surface area (Å²) in [5.74, 6) is 1.21. The van der Waals surface area contributed by atoms with Crippen LogP contribution in [0.1, 0.15) is 37.3 Å². The van der Waals surface area contributed by atoms with Crippen molar-refractivity contribution in [2.75, 3.05) is 6.61 Å². The monoisotopic (exact) mass is 332 g/mol. The lowest BCUT2D eigenvalue weighted by Crippen LogP contribution is -2.18. The zero-order valence-electron chi connectivity index (χ0n) is 13.6. The maximum Gasteiger partial charge on any atom is 0.349 e. The Bertz CT molecular complexity index is 665. The van der Waals surface area contributed by atoms with Crippen LogP contribution in [0, 0.1) is 6.92 Å². The van der Waals surface area contributed by atoms with E-state index < -0.39 is 5.97 Å². The first-order chi connectivity index (χ1) is 11.0. The van der Waals surface area contributed by atoms with E-state index in [1.165, 1.54) is 5.56 Å². The van der Waals surface area contributed by atoms with Crippen molar-refractivity contribution in [1.29, 1.82) is 0 Å². The molecule has 0 aliphatic carbocycles. The highest BCUT2D eigenvalue weighted by Gasteiger charge is 2.09. The van der Waals surface area contributed by atoms with Gasteiger partial charge in [0.15, 0.2) is 6.61 Å². The van der Waals surface area contributed by atoms with E-state index in [9.17, 15) is 4.79 Å². The Morgan fingerprint density at radius 3 is 2.48 bits per heavy atom. The number of hydrogen-bond donors (Lipinski definition) is 0. The second kappa shape index (κ2) is 8.02. The largest absolute Gasteiger partial charge is 0.482 e. The second-order valence-electron chi connectivity index (χ2n) is 5.55. The van der Waals surface area contributed by atoms with Gasteiger partial charge in [0.05, 0.1) is 0 Å². The fraction of sp³-hybridized carbons (Fsp3) is 0.316. The first-order valence-electron chi connectivity index (χ1n) is 7.69. The highest BCUT2D eigenvalue weighted by Crippen LogP contribution is 2.23. The minimum absolute atomic E-state index is 0.143. The number of carbonyl (C=O) groups excluding carboxylic acids is 1. The van der Waals surface area contributed by atoms with Gasteiger partial charge in [-0.3, -0.25) is 0 Å². The molecule has 1 unspecified atom stereocenters. The predicted molar refractivity (Wildman–Crippen MR) is 92.5 cm³/mol. The van der Waals surface area contributed by atoms with Crippen LogP contribution in [0.2, 0.25) is 5.02 Å². The lowest BCUT2D eigenvalue weighted by Gasteiger charge is -2.11. The number of benzene rings is 2. The number of aryl methyl sites for hydroxylation is 1. The van der Waals surface area contributed by atoms with Gasteiger partial charge in [0.25, 0.3) is 0 Å². The van der Waals surface area contributed by atoms with Crippen LogP contribution in [0.4, 0.5) is 0 Å². The number of rotatable bonds is 6. The Balaban J connectivity index is 1.89. The Morgan fingerprint density at radius 1 is 1.17 bits per heavy atom. The lowest BCUT2D eigenvalue weighted by molar-refractivity contribution is -0.136. The Hall–Kier alpha value is -2.00. The molecule has 0 saturated heterocycles. The fourth-order valence-corrected chi connectivity index (χ4v) is 2.40. The molecule has 0 saturated carbocycles. The minimum atomic E-state index is -0.435. The molecule has 0 N–H and O–H groups in total. The maximum atomic E-state index is 11.9. The third-order valence-electron chi connectivity index (χ3n) is 3.78. The minimum Gasteiger partial charge on any atom is -0.482 e. The average Bonchev–Trinajstić information content (AvgIpc) is 2.54. The summed E-state index contributed by atoms with van der Waals surface area (Å²) in [6, 6.07) is 12.9. The maximum absolute atomic E-state index is 11.9. The van der Waals surface area contributed by atoms with E-state index in [-0.39, 0.29) is 6.61 Å². The fourth-order valence-electron chi connectivity index (χ4n) is 2.17. The van der Waals surface area contributed by atoms with Crippen molar-refractivity contribution < 1.29 is 14.3 Å². The molecule has 1 atom stereocenters. The van der Waals surface area contributed by atoms with Crippen molar-refractivity contribution in [2.24, 2.45) is 0 Å². The van der Waals surface area contributed by atoms with Gasteiger partial charge in [-0.25, -0.2) is 4.79 Å². The van der Waals surface area contributed by atoms with Gasteiger partial charge in [0.1, 0.15) is 11.5 Å². The van der Waals surface area contributed by atoms with E-state index in [0.29, 0.717) is 22.4 Å². The zero-order valence-corrected chi connectivity index (χ0v) is 14.4. The summed E-state index contributed by atoms with van der Waals surface area (Å²) in [7, 11) is 0. The Morgan fingerprint density at radius 2 is 1.87 bits per heavy atom. The number of ether oxygens (including phenoxy) is 2. The molecule has 0 fully saturated rings. The molecule has 0 heterocycles. The molecule has 2 aromatic carbocycles. The second-order valence-corrected chi connectivity index (χ2v) is 5.99. The summed E-state index contributed by atoms with van der Waals surface area (Å²) in [4.78, 5) is 11.9. The molecule has 0 spiro atoms. The molecule has 0 aromatic heterocycles. The van der Waals surface area contributed by atoms with E-state index in [2.05, 4.69) is 13.8 Å². The van der Waals surface area contributed by atoms with Crippen LogP contribution in [0.15, 0.2) is 42.5 Å². The summed E-state index contributed by atoms with van der Waals surface area (Å²) >= 11 is 5.89. The molecular weight excluding hydrogens is 312 g/mol. The summed E-state index contributed by atoms with van der Waals surface area (Å²) in [6.07, 6.45) is 1.08. The van der Waals surface area contributed by atoms with E-state index in [1.54, 1.807) is 18.2 Å². The predicted octanol–water partition coefficient (Wildman–Crippen LogP) is 5.15. The van der Waals surface area contributed by atoms with E-state index in [0.717, 1.165) is 12.0 Å². The van der Waals surface area contributed by atoms with Crippen LogP contribution in [-0.2, 0) is 4.79 Å². The Labute approximate surface area is 142 Å². The van der Waals surface area contributed by atoms with Gasteiger partial charge in [-0.05, 0) is 60.7 Å². The molecule has 0 amide bonds. The van der Waals surface area contributed by atoms with Crippen molar-refractivity contribution in [3.05, 3.63) is 58.6 Å². The molecule has 0 radical (unpaired) electrons. The van der Waals surface area contributed by atoms with Crippen molar-refractivity contribution in [1.82, 2.24) is 0 Å². The van der Waals surface area contributed by atoms with Gasteiger partial charge < -0.3 is 9.47 Å². The van der Waals surface area contributed by atoms with E-state index >= 15 is 0 Å². The van der Waals surface area contributed by atoms with Crippen LogP contribution in [0.5, 0.6) is 11.5 Å². The normalized spacial score (nSPS) is 11.8. The molecule has 2 aromatic rings. The van der Waals surface area contributed by atoms with Gasteiger partial charge in [-0.2, -0.15) is 0 Å². The van der Waals surface area contributed by atoms with Gasteiger partial charge in [0, 0.05) is 5.02 Å². The summed E-state index contributed by atoms with van der Waals surface area (Å²) in [5.41, 5.74) is 2.11. The standard InChI is InChI=1S/C19H21ClO3/c1-4-13(2)15-5-8-17(9-6-15)23-19(21)12-22-18-10-7-16(20)11-14(18)3/h5-11,13H,4,12H2,1-3H3. The van der Waals surface area contributed by atoms with Crippen molar-refractivity contribution in [3.63, 3.8) is 0 Å². The molecule has 23 heavy (non-hydrogen) atoms. The van der Waals surface area contributed by atoms with E-state index in [4.69, 9.17) is 21.1 Å². The van der Waals surface area contributed by atoms with Crippen LogP contribution in [0.25, 0.3) is 0 Å². The summed E-state index contributed by atoms with van der Waals surface area (Å²) in [6.45, 7) is 6.05. The number of esters is 1. The quantitative estimate of drug-likeness (QED) is 0.542. The van der Waals surface area contributed by atoms with Gasteiger partial charge in [-0.1, -0.05) is 37.6 Å². The average molecular weight is 333 g/mol. The van der Waals surface area contributed by atoms with Gasteiger partial charge in [0.2, 0.25) is 0 Å². The van der Waals surface area contributed by atoms with Crippen molar-refractivity contribution in [3.8, 4) is 11.5 Å².